The Morgan fingerprint density at radius 3 is 2.50 bits per heavy atom. The molecule has 0 amide bonds. The third kappa shape index (κ3) is 4.40. The molecule has 0 spiro atoms. The number of benzene rings is 2. The fraction of sp³-hybridized carbons (Fsp3) is 0.0800. The third-order valence-corrected chi connectivity index (χ3v) is 7.30. The van der Waals surface area contributed by atoms with Crippen LogP contribution in [0.25, 0.3) is 33.3 Å². The Kier molecular flexibility index (Phi) is 5.93. The molecule has 0 aliphatic rings. The highest BCUT2D eigenvalue weighted by Gasteiger charge is 2.22. The Morgan fingerprint density at radius 1 is 0.944 bits per heavy atom. The van der Waals surface area contributed by atoms with Gasteiger partial charge in [-0.05, 0) is 55.0 Å². The van der Waals surface area contributed by atoms with Crippen LogP contribution in [-0.2, 0) is 17.1 Å². The largest absolute Gasteiger partial charge is 0.276 e. The number of sulfonamides is 1. The molecule has 0 radical (unpaired) electrons. The topological polar surface area (TPSA) is 89.8 Å². The van der Waals surface area contributed by atoms with Crippen molar-refractivity contribution in [1.29, 1.82) is 0 Å². The fourth-order valence-electron chi connectivity index (χ4n) is 3.98. The maximum Gasteiger partial charge on any atom is 0.264 e. The van der Waals surface area contributed by atoms with Gasteiger partial charge in [-0.3, -0.25) is 14.4 Å². The Balaban J connectivity index is 1.57. The summed E-state index contributed by atoms with van der Waals surface area (Å²) in [5.41, 5.74) is 4.75. The minimum Gasteiger partial charge on any atom is -0.276 e. The highest BCUT2D eigenvalue weighted by Crippen LogP contribution is 2.34. The number of nitrogens with zero attached hydrogens (tertiary/aromatic N) is 4. The van der Waals surface area contributed by atoms with E-state index in [-0.39, 0.29) is 10.8 Å². The van der Waals surface area contributed by atoms with Gasteiger partial charge in [-0.2, -0.15) is 5.10 Å². The monoisotopic (exact) mass is 525 g/mol. The Bertz CT molecular complexity index is 1760. The Morgan fingerprint density at radius 2 is 1.75 bits per heavy atom. The van der Waals surface area contributed by atoms with E-state index < -0.39 is 26.6 Å². The molecule has 36 heavy (non-hydrogen) atoms. The van der Waals surface area contributed by atoms with Crippen LogP contribution in [-0.4, -0.2) is 28.2 Å². The van der Waals surface area contributed by atoms with Crippen molar-refractivity contribution < 1.29 is 17.2 Å². The van der Waals surface area contributed by atoms with Gasteiger partial charge in [0.1, 0.15) is 16.5 Å². The van der Waals surface area contributed by atoms with Crippen LogP contribution in [0.5, 0.6) is 0 Å². The second kappa shape index (κ2) is 8.96. The van der Waals surface area contributed by atoms with Crippen molar-refractivity contribution in [3.05, 3.63) is 89.5 Å². The molecule has 0 saturated heterocycles. The molecule has 5 rings (SSSR count). The van der Waals surface area contributed by atoms with Gasteiger partial charge in [0.15, 0.2) is 5.15 Å². The first-order valence-corrected chi connectivity index (χ1v) is 12.5. The average molecular weight is 526 g/mol. The summed E-state index contributed by atoms with van der Waals surface area (Å²) in [7, 11) is -2.54. The van der Waals surface area contributed by atoms with Crippen LogP contribution in [0.15, 0.2) is 71.9 Å². The standard InChI is InChI=1S/C25H18ClF2N5O2S/c1-14-9-16(7-8-29-14)24-19-10-15(3-5-21(19)31-33(24)2)17-11-22(25(26)30-13-17)32-36(34,35)23-6-4-18(27)12-20(23)28/h3-13,32H,1-2H3. The van der Waals surface area contributed by atoms with E-state index >= 15 is 0 Å². The average Bonchev–Trinajstić information content (AvgIpc) is 3.15. The minimum absolute atomic E-state index is 0.0471. The van der Waals surface area contributed by atoms with Crippen LogP contribution in [0, 0.1) is 18.6 Å². The van der Waals surface area contributed by atoms with E-state index in [0.717, 1.165) is 45.6 Å². The van der Waals surface area contributed by atoms with E-state index in [2.05, 4.69) is 19.8 Å². The van der Waals surface area contributed by atoms with E-state index in [4.69, 9.17) is 11.6 Å². The van der Waals surface area contributed by atoms with Crippen molar-refractivity contribution in [2.75, 3.05) is 4.72 Å². The van der Waals surface area contributed by atoms with Gasteiger partial charge in [-0.25, -0.2) is 22.2 Å². The normalized spacial score (nSPS) is 11.7. The minimum atomic E-state index is -4.40. The molecule has 3 aromatic heterocycles. The van der Waals surface area contributed by atoms with E-state index in [1.54, 1.807) is 10.9 Å². The highest BCUT2D eigenvalue weighted by atomic mass is 35.5. The number of hydrogen-bond donors (Lipinski definition) is 1. The zero-order valence-electron chi connectivity index (χ0n) is 19.0. The predicted molar refractivity (Wildman–Crippen MR) is 134 cm³/mol. The summed E-state index contributed by atoms with van der Waals surface area (Å²) in [6.07, 6.45) is 3.24. The molecule has 2 aromatic carbocycles. The van der Waals surface area contributed by atoms with Crippen LogP contribution in [0.1, 0.15) is 5.69 Å². The maximum absolute atomic E-state index is 14.1. The number of halogens is 3. The van der Waals surface area contributed by atoms with Crippen molar-refractivity contribution in [2.45, 2.75) is 11.8 Å². The zero-order valence-corrected chi connectivity index (χ0v) is 20.6. The number of pyridine rings is 2. The molecule has 0 atom stereocenters. The van der Waals surface area contributed by atoms with Crippen molar-refractivity contribution in [3.63, 3.8) is 0 Å². The number of hydrogen-bond acceptors (Lipinski definition) is 5. The number of aryl methyl sites for hydroxylation is 2. The molecule has 182 valence electrons. The molecule has 0 unspecified atom stereocenters. The van der Waals surface area contributed by atoms with Crippen LogP contribution < -0.4 is 4.72 Å². The summed E-state index contributed by atoms with van der Waals surface area (Å²) >= 11 is 6.15. The van der Waals surface area contributed by atoms with Gasteiger partial charge in [0.2, 0.25) is 0 Å². The van der Waals surface area contributed by atoms with Gasteiger partial charge >= 0.3 is 0 Å². The van der Waals surface area contributed by atoms with Gasteiger partial charge in [0, 0.05) is 47.7 Å². The number of aromatic nitrogens is 4. The molecular weight excluding hydrogens is 508 g/mol. The molecule has 3 heterocycles. The van der Waals surface area contributed by atoms with Crippen molar-refractivity contribution >= 4 is 38.2 Å². The molecule has 7 nitrogen and oxygen atoms in total. The number of rotatable bonds is 5. The molecule has 0 aliphatic carbocycles. The fourth-order valence-corrected chi connectivity index (χ4v) is 5.31. The van der Waals surface area contributed by atoms with Gasteiger partial charge in [0.05, 0.1) is 16.9 Å². The Labute approximate surface area is 210 Å². The SMILES string of the molecule is Cc1cc(-c2c3cc(-c4cnc(Cl)c(NS(=O)(=O)c5ccc(F)cc5F)c4)ccc3nn2C)ccn1. The quantitative estimate of drug-likeness (QED) is 0.296. The first-order chi connectivity index (χ1) is 17.1. The van der Waals surface area contributed by atoms with Crippen molar-refractivity contribution in [3.8, 4) is 22.4 Å². The third-order valence-electron chi connectivity index (χ3n) is 5.60. The molecular formula is C25H18ClF2N5O2S. The lowest BCUT2D eigenvalue weighted by Crippen LogP contribution is -2.15. The lowest BCUT2D eigenvalue weighted by molar-refractivity contribution is 0.551. The van der Waals surface area contributed by atoms with Crippen LogP contribution in [0.4, 0.5) is 14.5 Å². The summed E-state index contributed by atoms with van der Waals surface area (Å²) in [5, 5.41) is 5.34. The van der Waals surface area contributed by atoms with E-state index in [0.29, 0.717) is 11.6 Å². The Hall–Kier alpha value is -3.89. The number of nitrogens with one attached hydrogen (secondary N) is 1. The summed E-state index contributed by atoms with van der Waals surface area (Å²) in [6, 6.07) is 13.2. The molecule has 0 aliphatic heterocycles. The zero-order chi connectivity index (χ0) is 25.6. The van der Waals surface area contributed by atoms with E-state index in [1.165, 1.54) is 12.3 Å². The maximum atomic E-state index is 14.1. The molecule has 11 heteroatoms. The molecule has 1 N–H and O–H groups in total. The van der Waals surface area contributed by atoms with E-state index in [9.17, 15) is 17.2 Å². The second-order valence-electron chi connectivity index (χ2n) is 8.13. The van der Waals surface area contributed by atoms with Gasteiger partial charge in [0.25, 0.3) is 10.0 Å². The van der Waals surface area contributed by atoms with Crippen LogP contribution in [0.3, 0.4) is 0 Å². The predicted octanol–water partition coefficient (Wildman–Crippen LogP) is 5.74. The first-order valence-electron chi connectivity index (χ1n) is 10.7. The lowest BCUT2D eigenvalue weighted by atomic mass is 10.0. The summed E-state index contributed by atoms with van der Waals surface area (Å²) in [4.78, 5) is 7.65. The van der Waals surface area contributed by atoms with E-state index in [1.807, 2.05) is 44.3 Å². The van der Waals surface area contributed by atoms with Gasteiger partial charge in [-0.1, -0.05) is 17.7 Å². The van der Waals surface area contributed by atoms with Gasteiger partial charge in [-0.15, -0.1) is 0 Å². The lowest BCUT2D eigenvalue weighted by Gasteiger charge is -2.12. The van der Waals surface area contributed by atoms with Crippen molar-refractivity contribution in [1.82, 2.24) is 19.7 Å². The summed E-state index contributed by atoms with van der Waals surface area (Å²) in [6.45, 7) is 1.91. The van der Waals surface area contributed by atoms with Crippen LogP contribution >= 0.6 is 11.6 Å². The molecule has 0 fully saturated rings. The smallest absolute Gasteiger partial charge is 0.264 e. The number of anilines is 1. The highest BCUT2D eigenvalue weighted by molar-refractivity contribution is 7.92. The van der Waals surface area contributed by atoms with Gasteiger partial charge < -0.3 is 0 Å². The van der Waals surface area contributed by atoms with Crippen molar-refractivity contribution in [2.24, 2.45) is 7.05 Å². The summed E-state index contributed by atoms with van der Waals surface area (Å²) in [5.74, 6) is -2.11. The number of fused-ring (bicyclic) bond motifs is 1. The molecule has 5 aromatic rings. The molecule has 0 saturated carbocycles. The molecule has 0 bridgehead atoms. The summed E-state index contributed by atoms with van der Waals surface area (Å²) < 4.78 is 56.9. The first kappa shape index (κ1) is 23.8. The second-order valence-corrected chi connectivity index (χ2v) is 10.1. The van der Waals surface area contributed by atoms with Crippen LogP contribution in [0.2, 0.25) is 5.15 Å².